The van der Waals surface area contributed by atoms with Crippen molar-refractivity contribution in [2.24, 2.45) is 5.92 Å². The summed E-state index contributed by atoms with van der Waals surface area (Å²) < 4.78 is 0. The van der Waals surface area contributed by atoms with Gasteiger partial charge in [0.1, 0.15) is 5.75 Å². The third kappa shape index (κ3) is 3.73. The minimum atomic E-state index is 0.258. The Morgan fingerprint density at radius 1 is 1.28 bits per heavy atom. The van der Waals surface area contributed by atoms with Gasteiger partial charge in [0.05, 0.1) is 0 Å². The molecule has 0 saturated heterocycles. The van der Waals surface area contributed by atoms with E-state index in [0.717, 1.165) is 37.7 Å². The molecule has 0 heterocycles. The van der Waals surface area contributed by atoms with Gasteiger partial charge in [-0.3, -0.25) is 4.79 Å². The molecule has 1 aromatic carbocycles. The standard InChI is InChI=1S/C16H20O2/c17-15-8-3-5-13(6-4-9-15)11-12-14-7-1-2-10-16(14)18/h1-3,7-8,10,13,18H,4-6,9,11-12H2. The summed E-state index contributed by atoms with van der Waals surface area (Å²) in [4.78, 5) is 11.2. The molecule has 1 aromatic rings. The smallest absolute Gasteiger partial charge is 0.155 e. The Balaban J connectivity index is 1.88. The summed E-state index contributed by atoms with van der Waals surface area (Å²) in [5.41, 5.74) is 1.03. The van der Waals surface area contributed by atoms with E-state index in [0.29, 0.717) is 18.1 Å². The highest BCUT2D eigenvalue weighted by Crippen LogP contribution is 2.25. The monoisotopic (exact) mass is 244 g/mol. The first-order valence-corrected chi connectivity index (χ1v) is 6.72. The number of aromatic hydroxyl groups is 1. The molecule has 0 aromatic heterocycles. The first kappa shape index (κ1) is 12.9. The van der Waals surface area contributed by atoms with Crippen molar-refractivity contribution in [2.75, 3.05) is 0 Å². The number of rotatable bonds is 3. The van der Waals surface area contributed by atoms with Gasteiger partial charge in [-0.15, -0.1) is 0 Å². The summed E-state index contributed by atoms with van der Waals surface area (Å²) >= 11 is 0. The fourth-order valence-corrected chi connectivity index (χ4v) is 2.50. The highest BCUT2D eigenvalue weighted by molar-refractivity contribution is 5.89. The van der Waals surface area contributed by atoms with Crippen LogP contribution in [0.3, 0.4) is 0 Å². The summed E-state index contributed by atoms with van der Waals surface area (Å²) in [6, 6.07) is 7.54. The molecule has 0 fully saturated rings. The molecule has 2 rings (SSSR count). The summed E-state index contributed by atoms with van der Waals surface area (Å²) in [5.74, 6) is 1.29. The van der Waals surface area contributed by atoms with Crippen molar-refractivity contribution in [3.05, 3.63) is 42.0 Å². The summed E-state index contributed by atoms with van der Waals surface area (Å²) in [6.45, 7) is 0. The van der Waals surface area contributed by atoms with Crippen LogP contribution in [0.4, 0.5) is 0 Å². The lowest BCUT2D eigenvalue weighted by Crippen LogP contribution is -2.06. The van der Waals surface area contributed by atoms with Gasteiger partial charge in [0.15, 0.2) is 5.78 Å². The topological polar surface area (TPSA) is 37.3 Å². The molecule has 0 saturated carbocycles. The zero-order chi connectivity index (χ0) is 12.8. The van der Waals surface area contributed by atoms with Crippen molar-refractivity contribution in [1.29, 1.82) is 0 Å². The van der Waals surface area contributed by atoms with Crippen LogP contribution in [0.25, 0.3) is 0 Å². The van der Waals surface area contributed by atoms with E-state index in [-0.39, 0.29) is 5.78 Å². The van der Waals surface area contributed by atoms with Crippen LogP contribution in [-0.2, 0) is 11.2 Å². The van der Waals surface area contributed by atoms with E-state index in [2.05, 4.69) is 0 Å². The Morgan fingerprint density at radius 2 is 2.11 bits per heavy atom. The Bertz CT molecular complexity index is 434. The van der Waals surface area contributed by atoms with Crippen LogP contribution in [0.5, 0.6) is 5.75 Å². The van der Waals surface area contributed by atoms with Gasteiger partial charge < -0.3 is 5.11 Å². The molecule has 0 radical (unpaired) electrons. The van der Waals surface area contributed by atoms with Crippen molar-refractivity contribution >= 4 is 5.78 Å². The van der Waals surface area contributed by atoms with Crippen molar-refractivity contribution < 1.29 is 9.90 Å². The minimum Gasteiger partial charge on any atom is -0.508 e. The normalized spacial score (nSPS) is 20.4. The van der Waals surface area contributed by atoms with Crippen molar-refractivity contribution in [1.82, 2.24) is 0 Å². The maximum Gasteiger partial charge on any atom is 0.155 e. The third-order valence-electron chi connectivity index (χ3n) is 3.62. The second-order valence-corrected chi connectivity index (χ2v) is 5.03. The van der Waals surface area contributed by atoms with Gasteiger partial charge in [-0.2, -0.15) is 0 Å². The van der Waals surface area contributed by atoms with Gasteiger partial charge in [-0.05, 0) is 55.7 Å². The van der Waals surface area contributed by atoms with E-state index in [1.807, 2.05) is 24.3 Å². The minimum absolute atomic E-state index is 0.258. The highest BCUT2D eigenvalue weighted by atomic mass is 16.3. The molecule has 1 atom stereocenters. The molecule has 96 valence electrons. The van der Waals surface area contributed by atoms with Crippen LogP contribution in [-0.4, -0.2) is 10.9 Å². The highest BCUT2D eigenvalue weighted by Gasteiger charge is 2.12. The number of aryl methyl sites for hydroxylation is 1. The summed E-state index contributed by atoms with van der Waals surface area (Å²) in [7, 11) is 0. The second-order valence-electron chi connectivity index (χ2n) is 5.03. The SMILES string of the molecule is O=C1C=CCC(CCc2ccccc2O)CCC1. The van der Waals surface area contributed by atoms with E-state index >= 15 is 0 Å². The van der Waals surface area contributed by atoms with Crippen molar-refractivity contribution in [2.45, 2.75) is 38.5 Å². The Hall–Kier alpha value is -1.57. The zero-order valence-corrected chi connectivity index (χ0v) is 10.6. The molecular weight excluding hydrogens is 224 g/mol. The van der Waals surface area contributed by atoms with Gasteiger partial charge in [0.2, 0.25) is 0 Å². The van der Waals surface area contributed by atoms with E-state index in [4.69, 9.17) is 0 Å². The Morgan fingerprint density at radius 3 is 2.94 bits per heavy atom. The summed E-state index contributed by atoms with van der Waals surface area (Å²) in [6.07, 6.45) is 9.51. The quantitative estimate of drug-likeness (QED) is 0.881. The van der Waals surface area contributed by atoms with E-state index < -0.39 is 0 Å². The number of para-hydroxylation sites is 1. The van der Waals surface area contributed by atoms with Crippen molar-refractivity contribution in [3.63, 3.8) is 0 Å². The molecule has 0 aliphatic heterocycles. The molecule has 1 aliphatic carbocycles. The average Bonchev–Trinajstić information content (AvgIpc) is 2.34. The Kier molecular flexibility index (Phi) is 4.57. The molecule has 0 spiro atoms. The number of hydrogen-bond donors (Lipinski definition) is 1. The second kappa shape index (κ2) is 6.39. The fourth-order valence-electron chi connectivity index (χ4n) is 2.50. The number of carbonyl (C=O) groups is 1. The number of phenols is 1. The van der Waals surface area contributed by atoms with Gasteiger partial charge >= 0.3 is 0 Å². The largest absolute Gasteiger partial charge is 0.508 e. The third-order valence-corrected chi connectivity index (χ3v) is 3.62. The molecule has 1 N–H and O–H groups in total. The van der Waals surface area contributed by atoms with Crippen LogP contribution in [0, 0.1) is 5.92 Å². The predicted molar refractivity (Wildman–Crippen MR) is 72.5 cm³/mol. The van der Waals surface area contributed by atoms with Crippen LogP contribution >= 0.6 is 0 Å². The van der Waals surface area contributed by atoms with E-state index in [1.54, 1.807) is 12.1 Å². The van der Waals surface area contributed by atoms with Gasteiger partial charge in [0.25, 0.3) is 0 Å². The first-order chi connectivity index (χ1) is 8.75. The molecule has 0 bridgehead atoms. The van der Waals surface area contributed by atoms with Crippen molar-refractivity contribution in [3.8, 4) is 5.75 Å². The molecular formula is C16H20O2. The van der Waals surface area contributed by atoms with E-state index in [9.17, 15) is 9.90 Å². The molecule has 0 amide bonds. The maximum atomic E-state index is 11.2. The van der Waals surface area contributed by atoms with Crippen LogP contribution in [0.2, 0.25) is 0 Å². The molecule has 2 nitrogen and oxygen atoms in total. The van der Waals surface area contributed by atoms with Crippen LogP contribution < -0.4 is 0 Å². The lowest BCUT2D eigenvalue weighted by molar-refractivity contribution is -0.114. The van der Waals surface area contributed by atoms with E-state index in [1.165, 1.54) is 0 Å². The number of phenolic OH excluding ortho intramolecular Hbond substituents is 1. The number of ketones is 1. The molecule has 1 aliphatic rings. The van der Waals surface area contributed by atoms with Crippen LogP contribution in [0.15, 0.2) is 36.4 Å². The maximum absolute atomic E-state index is 11.2. The Labute approximate surface area is 108 Å². The predicted octanol–water partition coefficient (Wildman–Crippen LogP) is 3.64. The summed E-state index contributed by atoms with van der Waals surface area (Å²) in [5, 5.41) is 9.72. The zero-order valence-electron chi connectivity index (χ0n) is 10.6. The van der Waals surface area contributed by atoms with Gasteiger partial charge in [0, 0.05) is 6.42 Å². The molecule has 1 unspecified atom stereocenters. The van der Waals surface area contributed by atoms with Gasteiger partial charge in [-0.25, -0.2) is 0 Å². The number of hydrogen-bond acceptors (Lipinski definition) is 2. The first-order valence-electron chi connectivity index (χ1n) is 6.72. The molecule has 2 heteroatoms. The lowest BCUT2D eigenvalue weighted by atomic mass is 9.89. The average molecular weight is 244 g/mol. The van der Waals surface area contributed by atoms with Gasteiger partial charge in [-0.1, -0.05) is 24.3 Å². The van der Waals surface area contributed by atoms with Crippen LogP contribution in [0.1, 0.15) is 37.7 Å². The lowest BCUT2D eigenvalue weighted by Gasteiger charge is -2.16. The number of carbonyl (C=O) groups excluding carboxylic acids is 1. The molecule has 18 heavy (non-hydrogen) atoms. The fraction of sp³-hybridized carbons (Fsp3) is 0.438. The number of benzene rings is 1. The number of allylic oxidation sites excluding steroid dienone is 2.